The van der Waals surface area contributed by atoms with Crippen LogP contribution in [-0.2, 0) is 6.42 Å². The molecule has 0 bridgehead atoms. The number of fused-ring (bicyclic) bond motifs is 1. The van der Waals surface area contributed by atoms with E-state index < -0.39 is 0 Å². The van der Waals surface area contributed by atoms with Crippen LogP contribution in [0.4, 0.5) is 5.69 Å². The molecular formula is C21H27N3O2. The third-order valence-electron chi connectivity index (χ3n) is 4.67. The highest BCUT2D eigenvalue weighted by molar-refractivity contribution is 5.94. The standard InChI is InChI=1S/C21H27N3O2/c1-24(2)12-4-11-23-21(26)16-8-6-15(7-9-16)18-13-17-5-3-10-22-20(17)19(25)14-18/h6-9,13-14,22,25H,3-5,10-12H2,1-2H3,(H,23,26). The van der Waals surface area contributed by atoms with Crippen molar-refractivity contribution in [1.82, 2.24) is 10.2 Å². The molecule has 1 amide bonds. The Hall–Kier alpha value is -2.53. The zero-order valence-corrected chi connectivity index (χ0v) is 15.5. The molecule has 0 aliphatic carbocycles. The second kappa shape index (κ2) is 8.23. The predicted octanol–water partition coefficient (Wildman–Crippen LogP) is 3.10. The van der Waals surface area contributed by atoms with Crippen LogP contribution in [-0.4, -0.2) is 49.6 Å². The largest absolute Gasteiger partial charge is 0.506 e. The fourth-order valence-electron chi connectivity index (χ4n) is 3.26. The smallest absolute Gasteiger partial charge is 0.251 e. The lowest BCUT2D eigenvalue weighted by Gasteiger charge is -2.20. The third-order valence-corrected chi connectivity index (χ3v) is 4.67. The zero-order valence-electron chi connectivity index (χ0n) is 15.5. The van der Waals surface area contributed by atoms with Crippen molar-refractivity contribution in [3.05, 3.63) is 47.5 Å². The van der Waals surface area contributed by atoms with Crippen molar-refractivity contribution in [1.29, 1.82) is 0 Å². The van der Waals surface area contributed by atoms with Gasteiger partial charge < -0.3 is 20.6 Å². The molecule has 0 aromatic heterocycles. The second-order valence-corrected chi connectivity index (χ2v) is 7.05. The number of hydrogen-bond donors (Lipinski definition) is 3. The van der Waals surface area contributed by atoms with E-state index in [1.165, 1.54) is 0 Å². The number of anilines is 1. The van der Waals surface area contributed by atoms with Crippen LogP contribution in [0.5, 0.6) is 5.75 Å². The van der Waals surface area contributed by atoms with Gasteiger partial charge in [0.1, 0.15) is 5.75 Å². The quantitative estimate of drug-likeness (QED) is 0.552. The van der Waals surface area contributed by atoms with E-state index in [0.29, 0.717) is 17.9 Å². The van der Waals surface area contributed by atoms with Crippen LogP contribution in [0.25, 0.3) is 11.1 Å². The maximum absolute atomic E-state index is 12.2. The number of rotatable bonds is 6. The van der Waals surface area contributed by atoms with Gasteiger partial charge >= 0.3 is 0 Å². The van der Waals surface area contributed by atoms with Crippen molar-refractivity contribution >= 4 is 11.6 Å². The lowest BCUT2D eigenvalue weighted by molar-refractivity contribution is 0.0952. The molecule has 0 saturated heterocycles. The minimum absolute atomic E-state index is 0.0483. The number of phenolic OH excluding ortho intramolecular Hbond substituents is 1. The van der Waals surface area contributed by atoms with Crippen LogP contribution in [0.15, 0.2) is 36.4 Å². The van der Waals surface area contributed by atoms with E-state index in [9.17, 15) is 9.90 Å². The van der Waals surface area contributed by atoms with Gasteiger partial charge in [-0.1, -0.05) is 12.1 Å². The molecule has 0 saturated carbocycles. The van der Waals surface area contributed by atoms with Crippen molar-refractivity contribution in [3.8, 4) is 16.9 Å². The molecule has 0 fully saturated rings. The molecular weight excluding hydrogens is 326 g/mol. The Morgan fingerprint density at radius 3 is 2.69 bits per heavy atom. The average molecular weight is 353 g/mol. The summed E-state index contributed by atoms with van der Waals surface area (Å²) in [5.41, 5.74) is 4.63. The first-order valence-electron chi connectivity index (χ1n) is 9.18. The maximum Gasteiger partial charge on any atom is 0.251 e. The van der Waals surface area contributed by atoms with E-state index in [1.54, 1.807) is 6.07 Å². The third kappa shape index (κ3) is 4.35. The van der Waals surface area contributed by atoms with Gasteiger partial charge in [0.15, 0.2) is 0 Å². The topological polar surface area (TPSA) is 64.6 Å². The number of carbonyl (C=O) groups excluding carboxylic acids is 1. The first-order chi connectivity index (χ1) is 12.5. The summed E-state index contributed by atoms with van der Waals surface area (Å²) >= 11 is 0. The predicted molar refractivity (Wildman–Crippen MR) is 106 cm³/mol. The second-order valence-electron chi connectivity index (χ2n) is 7.05. The van der Waals surface area contributed by atoms with E-state index in [-0.39, 0.29) is 5.91 Å². The minimum atomic E-state index is -0.0483. The summed E-state index contributed by atoms with van der Waals surface area (Å²) in [6.45, 7) is 2.53. The fraction of sp³-hybridized carbons (Fsp3) is 0.381. The molecule has 2 aromatic carbocycles. The summed E-state index contributed by atoms with van der Waals surface area (Å²) in [5, 5.41) is 16.5. The summed E-state index contributed by atoms with van der Waals surface area (Å²) in [7, 11) is 4.05. The lowest BCUT2D eigenvalue weighted by Crippen LogP contribution is -2.27. The van der Waals surface area contributed by atoms with Crippen molar-refractivity contribution in [3.63, 3.8) is 0 Å². The van der Waals surface area contributed by atoms with Crippen LogP contribution in [0.2, 0.25) is 0 Å². The number of nitrogens with zero attached hydrogens (tertiary/aromatic N) is 1. The normalized spacial score (nSPS) is 13.2. The molecule has 0 spiro atoms. The molecule has 2 aromatic rings. The van der Waals surface area contributed by atoms with Crippen molar-refractivity contribution in [2.24, 2.45) is 0 Å². The van der Waals surface area contributed by atoms with E-state index in [2.05, 4.69) is 21.6 Å². The monoisotopic (exact) mass is 353 g/mol. The van der Waals surface area contributed by atoms with Gasteiger partial charge in [0.2, 0.25) is 0 Å². The summed E-state index contributed by atoms with van der Waals surface area (Å²) in [6, 6.07) is 11.5. The fourth-order valence-corrected chi connectivity index (χ4v) is 3.26. The zero-order chi connectivity index (χ0) is 18.5. The molecule has 26 heavy (non-hydrogen) atoms. The summed E-state index contributed by atoms with van der Waals surface area (Å²) in [6.07, 6.45) is 2.97. The molecule has 1 aliphatic heterocycles. The average Bonchev–Trinajstić information content (AvgIpc) is 2.65. The Morgan fingerprint density at radius 1 is 1.19 bits per heavy atom. The van der Waals surface area contributed by atoms with Gasteiger partial charge in [-0.25, -0.2) is 0 Å². The molecule has 5 heteroatoms. The van der Waals surface area contributed by atoms with E-state index >= 15 is 0 Å². The molecule has 0 unspecified atom stereocenters. The number of aromatic hydroxyl groups is 1. The molecule has 1 heterocycles. The summed E-state index contributed by atoms with van der Waals surface area (Å²) in [5.74, 6) is 0.243. The van der Waals surface area contributed by atoms with Gasteiger partial charge in [-0.15, -0.1) is 0 Å². The van der Waals surface area contributed by atoms with Gasteiger partial charge in [-0.05, 0) is 80.9 Å². The van der Waals surface area contributed by atoms with Gasteiger partial charge in [0.05, 0.1) is 5.69 Å². The molecule has 3 N–H and O–H groups in total. The first kappa shape index (κ1) is 18.3. The highest BCUT2D eigenvalue weighted by Crippen LogP contribution is 2.36. The molecule has 5 nitrogen and oxygen atoms in total. The number of carbonyl (C=O) groups is 1. The number of nitrogens with one attached hydrogen (secondary N) is 2. The van der Waals surface area contributed by atoms with Gasteiger partial charge in [-0.2, -0.15) is 0 Å². The molecule has 1 aliphatic rings. The van der Waals surface area contributed by atoms with E-state index in [0.717, 1.165) is 54.7 Å². The van der Waals surface area contributed by atoms with Crippen molar-refractivity contribution in [2.45, 2.75) is 19.3 Å². The maximum atomic E-state index is 12.2. The number of benzene rings is 2. The van der Waals surface area contributed by atoms with Crippen LogP contribution in [0.1, 0.15) is 28.8 Å². The van der Waals surface area contributed by atoms with Crippen molar-refractivity contribution < 1.29 is 9.90 Å². The van der Waals surface area contributed by atoms with Crippen molar-refractivity contribution in [2.75, 3.05) is 39.0 Å². The Labute approximate surface area is 155 Å². The highest BCUT2D eigenvalue weighted by Gasteiger charge is 2.15. The number of hydrogen-bond acceptors (Lipinski definition) is 4. The van der Waals surface area contributed by atoms with Gasteiger partial charge in [0.25, 0.3) is 5.91 Å². The molecule has 138 valence electrons. The summed E-state index contributed by atoms with van der Waals surface area (Å²) in [4.78, 5) is 14.3. The van der Waals surface area contributed by atoms with Crippen LogP contribution < -0.4 is 10.6 Å². The van der Waals surface area contributed by atoms with Gasteiger partial charge in [0, 0.05) is 18.7 Å². The van der Waals surface area contributed by atoms with E-state index in [1.807, 2.05) is 38.4 Å². The highest BCUT2D eigenvalue weighted by atomic mass is 16.3. The first-order valence-corrected chi connectivity index (χ1v) is 9.18. The van der Waals surface area contributed by atoms with E-state index in [4.69, 9.17) is 0 Å². The molecule has 3 rings (SSSR count). The number of phenols is 1. The van der Waals surface area contributed by atoms with Gasteiger partial charge in [-0.3, -0.25) is 4.79 Å². The minimum Gasteiger partial charge on any atom is -0.506 e. The Balaban J connectivity index is 1.68. The molecule has 0 radical (unpaired) electrons. The molecule has 0 atom stereocenters. The van der Waals surface area contributed by atoms with Crippen LogP contribution >= 0.6 is 0 Å². The van der Waals surface area contributed by atoms with Crippen LogP contribution in [0.3, 0.4) is 0 Å². The number of aryl methyl sites for hydroxylation is 1. The number of amides is 1. The Morgan fingerprint density at radius 2 is 1.96 bits per heavy atom. The Bertz CT molecular complexity index is 770. The Kier molecular flexibility index (Phi) is 5.78. The lowest BCUT2D eigenvalue weighted by atomic mass is 9.96. The van der Waals surface area contributed by atoms with Crippen LogP contribution in [0, 0.1) is 0 Å². The SMILES string of the molecule is CN(C)CCCNC(=O)c1ccc(-c2cc(O)c3c(c2)CCCN3)cc1. The summed E-state index contributed by atoms with van der Waals surface area (Å²) < 4.78 is 0.